The molecule has 0 aromatic rings. The number of aliphatic carboxylic acids is 1. The van der Waals surface area contributed by atoms with Gasteiger partial charge in [0.1, 0.15) is 12.2 Å². The summed E-state index contributed by atoms with van der Waals surface area (Å²) in [6.07, 6.45) is 0.784. The van der Waals surface area contributed by atoms with Crippen molar-refractivity contribution in [3.05, 3.63) is 0 Å². The molecule has 0 bridgehead atoms. The van der Waals surface area contributed by atoms with E-state index in [0.29, 0.717) is 14.3 Å². The van der Waals surface area contributed by atoms with Gasteiger partial charge in [-0.3, -0.25) is 9.59 Å². The lowest BCUT2D eigenvalue weighted by Crippen LogP contribution is -2.05. The number of rotatable bonds is 4. The summed E-state index contributed by atoms with van der Waals surface area (Å²) in [5.74, 6) is -1.22. The summed E-state index contributed by atoms with van der Waals surface area (Å²) in [7, 11) is 0.380. The van der Waals surface area contributed by atoms with Crippen LogP contribution in [0, 0.1) is 0 Å². The second-order valence-electron chi connectivity index (χ2n) is 3.20. The van der Waals surface area contributed by atoms with Gasteiger partial charge in [-0.25, -0.2) is 0 Å². The Morgan fingerprint density at radius 1 is 1.23 bits per heavy atom. The molecule has 3 nitrogen and oxygen atoms in total. The van der Waals surface area contributed by atoms with Gasteiger partial charge < -0.3 is 5.11 Å². The fourth-order valence-electron chi connectivity index (χ4n) is 0.536. The van der Waals surface area contributed by atoms with Crippen molar-refractivity contribution in [1.29, 1.82) is 0 Å². The smallest absolute Gasteiger partial charge is 0.310 e. The van der Waals surface area contributed by atoms with E-state index in [9.17, 15) is 9.59 Å². The van der Waals surface area contributed by atoms with Gasteiger partial charge in [0.15, 0.2) is 0 Å². The Hall–Kier alpha value is -0.430. The first kappa shape index (κ1) is 15.1. The molecule has 0 aromatic heterocycles. The van der Waals surface area contributed by atoms with Gasteiger partial charge in [-0.1, -0.05) is 6.92 Å². The molecule has 78 valence electrons. The third-order valence-electron chi connectivity index (χ3n) is 0.877. The summed E-state index contributed by atoms with van der Waals surface area (Å²) in [5.41, 5.74) is 0. The predicted octanol–water partition coefficient (Wildman–Crippen LogP) is 2.19. The van der Waals surface area contributed by atoms with Gasteiger partial charge in [0.05, 0.1) is 0 Å². The van der Waals surface area contributed by atoms with E-state index >= 15 is 0 Å². The molecule has 0 amide bonds. The SMILES string of the molecule is CCCC(=O)CC(=O)O.CP(C)C. The van der Waals surface area contributed by atoms with Crippen LogP contribution in [0.25, 0.3) is 0 Å². The highest BCUT2D eigenvalue weighted by molar-refractivity contribution is 7.55. The zero-order chi connectivity index (χ0) is 10.9. The van der Waals surface area contributed by atoms with Gasteiger partial charge in [-0.05, 0) is 26.4 Å². The van der Waals surface area contributed by atoms with Crippen molar-refractivity contribution in [3.8, 4) is 0 Å². The maximum absolute atomic E-state index is 10.5. The maximum atomic E-state index is 10.5. The standard InChI is InChI=1S/C6H10O3.C3H9P/c1-2-3-5(7)4-6(8)9;1-4(2)3/h2-4H2,1H3,(H,8,9);1-3H3. The summed E-state index contributed by atoms with van der Waals surface area (Å²) >= 11 is 0. The van der Waals surface area contributed by atoms with Gasteiger partial charge in [0.25, 0.3) is 0 Å². The minimum atomic E-state index is -1.03. The van der Waals surface area contributed by atoms with Crippen molar-refractivity contribution in [2.24, 2.45) is 0 Å². The normalized spacial score (nSPS) is 9.00. The van der Waals surface area contributed by atoms with Crippen LogP contribution in [0.3, 0.4) is 0 Å². The minimum Gasteiger partial charge on any atom is -0.481 e. The molecule has 0 heterocycles. The molecule has 0 aliphatic heterocycles. The average Bonchev–Trinajstić information content (AvgIpc) is 1.83. The summed E-state index contributed by atoms with van der Waals surface area (Å²) in [6, 6.07) is 0. The fraction of sp³-hybridized carbons (Fsp3) is 0.778. The summed E-state index contributed by atoms with van der Waals surface area (Å²) < 4.78 is 0. The van der Waals surface area contributed by atoms with Crippen LogP contribution >= 0.6 is 7.92 Å². The van der Waals surface area contributed by atoms with E-state index in [1.807, 2.05) is 6.92 Å². The third-order valence-corrected chi connectivity index (χ3v) is 0.877. The van der Waals surface area contributed by atoms with Crippen molar-refractivity contribution in [2.45, 2.75) is 26.2 Å². The van der Waals surface area contributed by atoms with Gasteiger partial charge in [-0.2, -0.15) is 0 Å². The number of carboxylic acid groups (broad SMARTS) is 1. The van der Waals surface area contributed by atoms with Crippen molar-refractivity contribution in [1.82, 2.24) is 0 Å². The molecule has 0 spiro atoms. The average molecular weight is 206 g/mol. The Morgan fingerprint density at radius 3 is 1.85 bits per heavy atom. The number of carboxylic acids is 1. The molecular formula is C9H19O3P. The van der Waals surface area contributed by atoms with Gasteiger partial charge in [0, 0.05) is 6.42 Å². The molecular weight excluding hydrogens is 187 g/mol. The third kappa shape index (κ3) is 24.5. The van der Waals surface area contributed by atoms with Crippen LogP contribution < -0.4 is 0 Å². The molecule has 0 saturated heterocycles. The Kier molecular flexibility index (Phi) is 11.2. The van der Waals surface area contributed by atoms with Gasteiger partial charge in [-0.15, -0.1) is 7.92 Å². The number of carbonyl (C=O) groups is 2. The number of Topliss-reactive ketones (excluding diaryl/α,β-unsaturated/α-hetero) is 1. The van der Waals surface area contributed by atoms with Crippen LogP contribution in [-0.2, 0) is 9.59 Å². The van der Waals surface area contributed by atoms with Crippen molar-refractivity contribution in [3.63, 3.8) is 0 Å². The quantitative estimate of drug-likeness (QED) is 0.566. The number of ketones is 1. The van der Waals surface area contributed by atoms with E-state index < -0.39 is 5.97 Å². The monoisotopic (exact) mass is 206 g/mol. The van der Waals surface area contributed by atoms with Crippen LogP contribution in [0.5, 0.6) is 0 Å². The first-order chi connectivity index (χ1) is 5.90. The van der Waals surface area contributed by atoms with Gasteiger partial charge >= 0.3 is 5.97 Å². The molecule has 0 unspecified atom stereocenters. The number of hydrogen-bond donors (Lipinski definition) is 1. The zero-order valence-corrected chi connectivity index (χ0v) is 9.73. The van der Waals surface area contributed by atoms with Crippen LogP contribution in [0.15, 0.2) is 0 Å². The minimum absolute atomic E-state index is 0.190. The number of carbonyl (C=O) groups excluding carboxylic acids is 1. The van der Waals surface area contributed by atoms with E-state index in [2.05, 4.69) is 20.0 Å². The highest BCUT2D eigenvalue weighted by Gasteiger charge is 2.04. The molecule has 4 heteroatoms. The predicted molar refractivity (Wildman–Crippen MR) is 56.9 cm³/mol. The number of hydrogen-bond acceptors (Lipinski definition) is 2. The molecule has 0 fully saturated rings. The molecule has 0 rings (SSSR count). The fourth-order valence-corrected chi connectivity index (χ4v) is 0.536. The Balaban J connectivity index is 0. The van der Waals surface area contributed by atoms with Crippen molar-refractivity contribution in [2.75, 3.05) is 20.0 Å². The zero-order valence-electron chi connectivity index (χ0n) is 8.83. The van der Waals surface area contributed by atoms with Crippen LogP contribution in [0.2, 0.25) is 0 Å². The van der Waals surface area contributed by atoms with Crippen LogP contribution in [-0.4, -0.2) is 36.9 Å². The first-order valence-corrected chi connectivity index (χ1v) is 6.92. The Morgan fingerprint density at radius 2 is 1.62 bits per heavy atom. The first-order valence-electron chi connectivity index (χ1n) is 4.24. The molecule has 0 aliphatic carbocycles. The van der Waals surface area contributed by atoms with Gasteiger partial charge in [0.2, 0.25) is 0 Å². The summed E-state index contributed by atoms with van der Waals surface area (Å²) in [4.78, 5) is 20.3. The lowest BCUT2D eigenvalue weighted by Gasteiger charge is -1.90. The molecule has 0 aliphatic rings. The Bertz CT molecular complexity index is 152. The van der Waals surface area contributed by atoms with Crippen molar-refractivity contribution >= 4 is 19.7 Å². The lowest BCUT2D eigenvalue weighted by atomic mass is 10.2. The van der Waals surface area contributed by atoms with E-state index in [0.717, 1.165) is 6.42 Å². The molecule has 13 heavy (non-hydrogen) atoms. The van der Waals surface area contributed by atoms with E-state index in [1.165, 1.54) is 0 Å². The maximum Gasteiger partial charge on any atom is 0.310 e. The highest BCUT2D eigenvalue weighted by Crippen LogP contribution is 2.14. The second kappa shape index (κ2) is 9.66. The van der Waals surface area contributed by atoms with E-state index in [4.69, 9.17) is 5.11 Å². The van der Waals surface area contributed by atoms with Crippen LogP contribution in [0.4, 0.5) is 0 Å². The molecule has 0 atom stereocenters. The largest absolute Gasteiger partial charge is 0.481 e. The molecule has 0 radical (unpaired) electrons. The second-order valence-corrected chi connectivity index (χ2v) is 5.88. The highest BCUT2D eigenvalue weighted by atomic mass is 31.1. The van der Waals surface area contributed by atoms with E-state index in [1.54, 1.807) is 0 Å². The molecule has 0 saturated carbocycles. The van der Waals surface area contributed by atoms with Crippen LogP contribution in [0.1, 0.15) is 26.2 Å². The summed E-state index contributed by atoms with van der Waals surface area (Å²) in [6.45, 7) is 8.54. The molecule has 0 aromatic carbocycles. The topological polar surface area (TPSA) is 54.4 Å². The lowest BCUT2D eigenvalue weighted by molar-refractivity contribution is -0.140. The van der Waals surface area contributed by atoms with E-state index in [-0.39, 0.29) is 12.2 Å². The van der Waals surface area contributed by atoms with Crippen molar-refractivity contribution < 1.29 is 14.7 Å². The summed E-state index contributed by atoms with van der Waals surface area (Å²) in [5, 5.41) is 8.09. The Labute approximate surface area is 81.3 Å². The molecule has 1 N–H and O–H groups in total.